The summed E-state index contributed by atoms with van der Waals surface area (Å²) in [4.78, 5) is 24.0. The Morgan fingerprint density at radius 2 is 1.91 bits per heavy atom. The number of fused-ring (bicyclic) bond motifs is 2. The van der Waals surface area contributed by atoms with E-state index < -0.39 is 27.3 Å². The minimum atomic E-state index is -1.75. The number of carbonyl (C=O) groups is 2. The van der Waals surface area contributed by atoms with Gasteiger partial charge in [0.2, 0.25) is 3.79 Å². The number of aliphatic carboxylic acids is 1. The van der Waals surface area contributed by atoms with Gasteiger partial charge in [0.05, 0.1) is 5.92 Å². The smallest absolute Gasteiger partial charge is 0.331 e. The first-order valence-electron chi connectivity index (χ1n) is 7.27. The summed E-state index contributed by atoms with van der Waals surface area (Å²) in [5, 5.41) is 9.33. The van der Waals surface area contributed by atoms with Crippen molar-refractivity contribution in [2.45, 2.75) is 48.9 Å². The molecule has 2 aliphatic rings. The molecule has 3 atom stereocenters. The van der Waals surface area contributed by atoms with E-state index in [-0.39, 0.29) is 11.8 Å². The molecular weight excluding hydrogens is 351 g/mol. The van der Waals surface area contributed by atoms with Gasteiger partial charge in [-0.1, -0.05) is 47.3 Å². The van der Waals surface area contributed by atoms with Crippen molar-refractivity contribution < 1.29 is 19.4 Å². The summed E-state index contributed by atoms with van der Waals surface area (Å²) in [5.74, 6) is -2.14. The Balaban J connectivity index is 2.22. The van der Waals surface area contributed by atoms with Gasteiger partial charge >= 0.3 is 11.9 Å². The normalized spacial score (nSPS) is 28.8. The molecule has 1 N–H and O–H groups in total. The van der Waals surface area contributed by atoms with E-state index >= 15 is 0 Å². The van der Waals surface area contributed by atoms with E-state index in [9.17, 15) is 14.7 Å². The Labute approximate surface area is 144 Å². The third kappa shape index (κ3) is 3.39. The van der Waals surface area contributed by atoms with E-state index in [0.717, 1.165) is 12.8 Å². The van der Waals surface area contributed by atoms with Gasteiger partial charge in [-0.05, 0) is 39.0 Å². The van der Waals surface area contributed by atoms with Crippen LogP contribution < -0.4 is 0 Å². The maximum absolute atomic E-state index is 12.6. The number of halogens is 3. The first-order chi connectivity index (χ1) is 10.0. The van der Waals surface area contributed by atoms with Crippen LogP contribution in [0.25, 0.3) is 0 Å². The summed E-state index contributed by atoms with van der Waals surface area (Å²) in [6.45, 7) is 3.06. The second-order valence-electron chi connectivity index (χ2n) is 6.45. The van der Waals surface area contributed by atoms with E-state index in [1.807, 2.05) is 0 Å². The fourth-order valence-corrected chi connectivity index (χ4v) is 3.43. The van der Waals surface area contributed by atoms with Crippen LogP contribution in [-0.2, 0) is 14.3 Å². The standard InChI is InChI=1S/C15H19Cl3O4/c1-14(2,15(16,17)18)22-13(21)11-8-4-3-5-9(11)10(7-6-8)12(19)20/h7-9,11H,3-6H2,1-2H3,(H,19,20). The van der Waals surface area contributed by atoms with Gasteiger partial charge in [-0.2, -0.15) is 0 Å². The highest BCUT2D eigenvalue weighted by molar-refractivity contribution is 6.68. The molecule has 0 aromatic rings. The van der Waals surface area contributed by atoms with Crippen LogP contribution in [0.15, 0.2) is 11.6 Å². The fourth-order valence-electron chi connectivity index (χ4n) is 3.31. The van der Waals surface area contributed by atoms with Gasteiger partial charge in [-0.3, -0.25) is 4.79 Å². The zero-order valence-electron chi connectivity index (χ0n) is 12.4. The van der Waals surface area contributed by atoms with Crippen LogP contribution in [0.1, 0.15) is 39.5 Å². The van der Waals surface area contributed by atoms with E-state index in [2.05, 4.69) is 0 Å². The van der Waals surface area contributed by atoms with E-state index in [4.69, 9.17) is 39.5 Å². The number of allylic oxidation sites excluding steroid dienone is 1. The zero-order chi connectivity index (χ0) is 16.7. The first kappa shape index (κ1) is 17.9. The number of alkyl halides is 3. The Morgan fingerprint density at radius 1 is 1.27 bits per heavy atom. The minimum Gasteiger partial charge on any atom is -0.478 e. The van der Waals surface area contributed by atoms with Crippen LogP contribution in [-0.4, -0.2) is 26.4 Å². The van der Waals surface area contributed by atoms with E-state index in [1.165, 1.54) is 13.8 Å². The lowest BCUT2D eigenvalue weighted by Gasteiger charge is -2.42. The quantitative estimate of drug-likeness (QED) is 0.600. The van der Waals surface area contributed by atoms with Crippen molar-refractivity contribution in [3.05, 3.63) is 11.6 Å². The molecule has 7 heteroatoms. The number of ether oxygens (including phenoxy) is 1. The van der Waals surface area contributed by atoms with Gasteiger partial charge in [0, 0.05) is 11.5 Å². The molecule has 2 aliphatic carbocycles. The fraction of sp³-hybridized carbons (Fsp3) is 0.733. The first-order valence-corrected chi connectivity index (χ1v) is 8.41. The molecule has 2 rings (SSSR count). The summed E-state index contributed by atoms with van der Waals surface area (Å²) in [5.41, 5.74) is -0.974. The molecule has 0 aromatic heterocycles. The molecule has 2 bridgehead atoms. The number of rotatable bonds is 3. The van der Waals surface area contributed by atoms with Crippen molar-refractivity contribution in [3.8, 4) is 0 Å². The predicted octanol–water partition coefficient (Wildman–Crippen LogP) is 4.13. The highest BCUT2D eigenvalue weighted by Crippen LogP contribution is 2.47. The number of hydrogen-bond acceptors (Lipinski definition) is 3. The highest BCUT2D eigenvalue weighted by Gasteiger charge is 2.49. The highest BCUT2D eigenvalue weighted by atomic mass is 35.6. The number of carboxylic acids is 1. The van der Waals surface area contributed by atoms with Crippen molar-refractivity contribution >= 4 is 46.7 Å². The molecule has 0 heterocycles. The molecule has 1 fully saturated rings. The molecule has 0 aliphatic heterocycles. The van der Waals surface area contributed by atoms with Gasteiger partial charge in [-0.25, -0.2) is 4.79 Å². The molecule has 3 unspecified atom stereocenters. The van der Waals surface area contributed by atoms with Crippen LogP contribution in [0.2, 0.25) is 0 Å². The lowest BCUT2D eigenvalue weighted by atomic mass is 9.64. The van der Waals surface area contributed by atoms with Crippen LogP contribution in [0, 0.1) is 17.8 Å². The molecule has 22 heavy (non-hydrogen) atoms. The Hall–Kier alpha value is -0.450. The Bertz CT molecular complexity index is 507. The molecular formula is C15H19Cl3O4. The minimum absolute atomic E-state index is 0.0977. The maximum atomic E-state index is 12.6. The van der Waals surface area contributed by atoms with Gasteiger partial charge < -0.3 is 9.84 Å². The van der Waals surface area contributed by atoms with Gasteiger partial charge in [-0.15, -0.1) is 0 Å². The second-order valence-corrected chi connectivity index (χ2v) is 8.73. The lowest BCUT2D eigenvalue weighted by Crippen LogP contribution is -2.47. The largest absolute Gasteiger partial charge is 0.478 e. The summed E-state index contributed by atoms with van der Waals surface area (Å²) in [7, 11) is 0. The molecule has 0 saturated heterocycles. The topological polar surface area (TPSA) is 63.6 Å². The van der Waals surface area contributed by atoms with Gasteiger partial charge in [0.1, 0.15) is 0 Å². The van der Waals surface area contributed by atoms with Crippen molar-refractivity contribution in [1.82, 2.24) is 0 Å². The van der Waals surface area contributed by atoms with Gasteiger partial charge in [0.15, 0.2) is 5.60 Å². The molecule has 1 saturated carbocycles. The van der Waals surface area contributed by atoms with Crippen molar-refractivity contribution in [2.24, 2.45) is 17.8 Å². The molecule has 0 spiro atoms. The monoisotopic (exact) mass is 368 g/mol. The summed E-state index contributed by atoms with van der Waals surface area (Å²) >= 11 is 17.6. The van der Waals surface area contributed by atoms with Crippen LogP contribution in [0.4, 0.5) is 0 Å². The molecule has 0 radical (unpaired) electrons. The molecule has 0 amide bonds. The zero-order valence-corrected chi connectivity index (χ0v) is 14.7. The average molecular weight is 370 g/mol. The third-order valence-corrected chi connectivity index (χ3v) is 5.99. The average Bonchev–Trinajstić information content (AvgIpc) is 2.35. The predicted molar refractivity (Wildman–Crippen MR) is 85.1 cm³/mol. The summed E-state index contributed by atoms with van der Waals surface area (Å²) in [6, 6.07) is 0. The van der Waals surface area contributed by atoms with Crippen molar-refractivity contribution in [2.75, 3.05) is 0 Å². The lowest BCUT2D eigenvalue weighted by molar-refractivity contribution is -0.167. The number of hydrogen-bond donors (Lipinski definition) is 1. The molecule has 124 valence electrons. The van der Waals surface area contributed by atoms with E-state index in [0.29, 0.717) is 18.4 Å². The Kier molecular flexibility index (Phi) is 5.06. The number of esters is 1. The summed E-state index contributed by atoms with van der Waals surface area (Å²) < 4.78 is 3.70. The third-order valence-electron chi connectivity index (χ3n) is 4.63. The molecule has 0 aromatic carbocycles. The van der Waals surface area contributed by atoms with Gasteiger partial charge in [0.25, 0.3) is 0 Å². The SMILES string of the molecule is CC(C)(OC(=O)C1C2CC=C(C(=O)O)C1CCC2)C(Cl)(Cl)Cl. The van der Waals surface area contributed by atoms with Crippen molar-refractivity contribution in [3.63, 3.8) is 0 Å². The molecule has 4 nitrogen and oxygen atoms in total. The maximum Gasteiger partial charge on any atom is 0.331 e. The second kappa shape index (κ2) is 6.21. The Morgan fingerprint density at radius 3 is 2.45 bits per heavy atom. The van der Waals surface area contributed by atoms with Crippen LogP contribution in [0.5, 0.6) is 0 Å². The van der Waals surface area contributed by atoms with E-state index in [1.54, 1.807) is 6.08 Å². The van der Waals surface area contributed by atoms with Crippen LogP contribution in [0.3, 0.4) is 0 Å². The summed E-state index contributed by atoms with van der Waals surface area (Å²) in [6.07, 6.45) is 4.78. The van der Waals surface area contributed by atoms with Crippen molar-refractivity contribution in [1.29, 1.82) is 0 Å². The number of carbonyl (C=O) groups excluding carboxylic acids is 1. The van der Waals surface area contributed by atoms with Crippen LogP contribution >= 0.6 is 34.8 Å². The number of carboxylic acid groups (broad SMARTS) is 1.